The van der Waals surface area contributed by atoms with Crippen molar-refractivity contribution in [1.29, 1.82) is 0 Å². The van der Waals surface area contributed by atoms with Crippen LogP contribution in [0, 0.1) is 11.7 Å². The molecule has 2 aliphatic heterocycles. The maximum absolute atomic E-state index is 14.7. The van der Waals surface area contributed by atoms with Gasteiger partial charge in [-0.1, -0.05) is 19.9 Å². The Kier molecular flexibility index (Phi) is 8.69. The van der Waals surface area contributed by atoms with Crippen LogP contribution >= 0.6 is 12.4 Å². The summed E-state index contributed by atoms with van der Waals surface area (Å²) < 4.78 is 46.1. The fourth-order valence-electron chi connectivity index (χ4n) is 4.23. The van der Waals surface area contributed by atoms with Gasteiger partial charge in [-0.2, -0.15) is 4.31 Å². The van der Waals surface area contributed by atoms with E-state index in [-0.39, 0.29) is 57.4 Å². The monoisotopic (exact) mass is 479 g/mol. The lowest BCUT2D eigenvalue weighted by atomic mass is 9.98. The Morgan fingerprint density at radius 2 is 1.84 bits per heavy atom. The summed E-state index contributed by atoms with van der Waals surface area (Å²) in [5.41, 5.74) is 2.91. The fourth-order valence-corrected chi connectivity index (χ4v) is 6.33. The van der Waals surface area contributed by atoms with E-state index >= 15 is 0 Å². The highest BCUT2D eigenvalue weighted by molar-refractivity contribution is 7.91. The van der Waals surface area contributed by atoms with Gasteiger partial charge in [-0.15, -0.1) is 12.4 Å². The van der Waals surface area contributed by atoms with Crippen LogP contribution < -0.4 is 10.4 Å². The number of hydrogen-bond donors (Lipinski definition) is 2. The van der Waals surface area contributed by atoms with Gasteiger partial charge in [0.2, 0.25) is 10.0 Å². The Balaban J connectivity index is 0.00000341. The van der Waals surface area contributed by atoms with E-state index < -0.39 is 20.7 Å². The van der Waals surface area contributed by atoms with Gasteiger partial charge >= 0.3 is 0 Å². The van der Waals surface area contributed by atoms with Crippen molar-refractivity contribution in [1.82, 2.24) is 9.79 Å². The second-order valence-electron chi connectivity index (χ2n) is 8.32. The molecule has 1 aromatic rings. The van der Waals surface area contributed by atoms with Crippen LogP contribution in [0.15, 0.2) is 18.2 Å². The smallest absolute Gasteiger partial charge is 0.266 e. The molecule has 0 aromatic heterocycles. The first kappa shape index (κ1) is 25.8. The Morgan fingerprint density at radius 1 is 1.23 bits per heavy atom. The number of piperazine rings is 1. The van der Waals surface area contributed by atoms with Gasteiger partial charge in [0, 0.05) is 52.2 Å². The third-order valence-corrected chi connectivity index (χ3v) is 8.51. The van der Waals surface area contributed by atoms with Crippen molar-refractivity contribution in [3.63, 3.8) is 0 Å². The molecule has 0 unspecified atom stereocenters. The van der Waals surface area contributed by atoms with Crippen molar-refractivity contribution in [3.8, 4) is 0 Å². The van der Waals surface area contributed by atoms with Crippen molar-refractivity contribution in [2.24, 2.45) is 5.92 Å². The van der Waals surface area contributed by atoms with Gasteiger partial charge < -0.3 is 9.64 Å². The van der Waals surface area contributed by atoms with Crippen molar-refractivity contribution < 1.29 is 27.5 Å². The minimum Gasteiger partial charge on any atom is -0.381 e. The Labute approximate surface area is 189 Å². The molecule has 2 aliphatic rings. The summed E-state index contributed by atoms with van der Waals surface area (Å²) in [5, 5.41) is 9.14. The summed E-state index contributed by atoms with van der Waals surface area (Å²) >= 11 is 0. The summed E-state index contributed by atoms with van der Waals surface area (Å²) in [5.74, 6) is -0.817. The summed E-state index contributed by atoms with van der Waals surface area (Å²) in [4.78, 5) is 14.2. The molecule has 0 aliphatic carbocycles. The molecule has 1 amide bonds. The topological polar surface area (TPSA) is 99.2 Å². The molecule has 176 valence electrons. The minimum atomic E-state index is -4.03. The number of nitrogens with zero attached hydrogens (tertiary/aromatic N) is 2. The van der Waals surface area contributed by atoms with Crippen LogP contribution in [0.2, 0.25) is 0 Å². The van der Waals surface area contributed by atoms with Gasteiger partial charge in [0.05, 0.1) is 5.69 Å². The third kappa shape index (κ3) is 5.14. The van der Waals surface area contributed by atoms with Crippen molar-refractivity contribution >= 4 is 34.0 Å². The molecule has 31 heavy (non-hydrogen) atoms. The number of hydrogen-bond acceptors (Lipinski definition) is 6. The lowest BCUT2D eigenvalue weighted by molar-refractivity contribution is -0.134. The maximum atomic E-state index is 14.7. The minimum absolute atomic E-state index is 0. The quantitative estimate of drug-likeness (QED) is 0.478. The number of hydroxylamine groups is 1. The van der Waals surface area contributed by atoms with E-state index in [0.29, 0.717) is 24.7 Å². The van der Waals surface area contributed by atoms with Gasteiger partial charge in [0.15, 0.2) is 4.75 Å². The standard InChI is InChI=1S/C20H30FN3O5S.ClH/c1-15(2)13-16-3-4-18(17(21)14-16)23-7-9-24(10-8-23)30(27,28)20(19(25)22-26)5-11-29-12-6-20;/h3-4,14-15,26H,5-13H2,1-2H3,(H,22,25);1H. The number of carbonyl (C=O) groups is 1. The van der Waals surface area contributed by atoms with Gasteiger partial charge in [-0.25, -0.2) is 18.3 Å². The number of rotatable bonds is 6. The predicted molar refractivity (Wildman–Crippen MR) is 118 cm³/mol. The lowest BCUT2D eigenvalue weighted by Crippen LogP contribution is -2.62. The van der Waals surface area contributed by atoms with E-state index in [1.54, 1.807) is 12.1 Å². The average molecular weight is 480 g/mol. The molecule has 0 atom stereocenters. The van der Waals surface area contributed by atoms with E-state index in [9.17, 15) is 17.6 Å². The van der Waals surface area contributed by atoms with Crippen molar-refractivity contribution in [3.05, 3.63) is 29.6 Å². The number of sulfonamides is 1. The van der Waals surface area contributed by atoms with Crippen LogP contribution in [0.3, 0.4) is 0 Å². The molecule has 8 nitrogen and oxygen atoms in total. The SMILES string of the molecule is CC(C)Cc1ccc(N2CCN(S(=O)(=O)C3(C(=O)NO)CCOCC3)CC2)c(F)c1.Cl. The molecular formula is C20H31ClFN3O5S. The highest BCUT2D eigenvalue weighted by Crippen LogP contribution is 2.34. The van der Waals surface area contributed by atoms with Crippen LogP contribution in [0.5, 0.6) is 0 Å². The van der Waals surface area contributed by atoms with Gasteiger partial charge in [0.1, 0.15) is 5.82 Å². The zero-order chi connectivity index (χ0) is 21.9. The van der Waals surface area contributed by atoms with Gasteiger partial charge in [-0.3, -0.25) is 10.0 Å². The Morgan fingerprint density at radius 3 is 2.35 bits per heavy atom. The molecule has 2 N–H and O–H groups in total. The molecule has 0 radical (unpaired) electrons. The van der Waals surface area contributed by atoms with Crippen molar-refractivity contribution in [2.75, 3.05) is 44.3 Å². The van der Waals surface area contributed by atoms with E-state index in [4.69, 9.17) is 9.94 Å². The van der Waals surface area contributed by atoms with E-state index in [2.05, 4.69) is 13.8 Å². The molecule has 2 heterocycles. The van der Waals surface area contributed by atoms with Crippen molar-refractivity contribution in [2.45, 2.75) is 37.9 Å². The number of anilines is 1. The van der Waals surface area contributed by atoms with Crippen LogP contribution in [0.1, 0.15) is 32.3 Å². The van der Waals surface area contributed by atoms with Crippen LogP contribution in [0.25, 0.3) is 0 Å². The van der Waals surface area contributed by atoms with Crippen LogP contribution in [0.4, 0.5) is 10.1 Å². The first-order valence-electron chi connectivity index (χ1n) is 10.3. The molecule has 1 aromatic carbocycles. The first-order chi connectivity index (χ1) is 14.2. The number of carbonyl (C=O) groups excluding carboxylic acids is 1. The second-order valence-corrected chi connectivity index (χ2v) is 10.6. The Hall–Kier alpha value is -1.46. The number of benzene rings is 1. The van der Waals surface area contributed by atoms with Crippen LogP contribution in [-0.2, 0) is 26.0 Å². The fraction of sp³-hybridized carbons (Fsp3) is 0.650. The summed E-state index contributed by atoms with van der Waals surface area (Å²) in [6.07, 6.45) is 0.754. The number of ether oxygens (including phenoxy) is 1. The van der Waals surface area contributed by atoms with E-state index in [1.165, 1.54) is 9.79 Å². The summed E-state index contributed by atoms with van der Waals surface area (Å²) in [7, 11) is -4.03. The van der Waals surface area contributed by atoms with E-state index in [0.717, 1.165) is 12.0 Å². The molecule has 11 heteroatoms. The second kappa shape index (κ2) is 10.4. The predicted octanol–water partition coefficient (Wildman–Crippen LogP) is 1.95. The molecule has 3 rings (SSSR count). The Bertz CT molecular complexity index is 870. The van der Waals surface area contributed by atoms with Gasteiger partial charge in [-0.05, 0) is 30.0 Å². The zero-order valence-corrected chi connectivity index (χ0v) is 19.5. The maximum Gasteiger partial charge on any atom is 0.266 e. The molecule has 0 bridgehead atoms. The number of amides is 1. The largest absolute Gasteiger partial charge is 0.381 e. The average Bonchev–Trinajstić information content (AvgIpc) is 2.73. The molecular weight excluding hydrogens is 449 g/mol. The zero-order valence-electron chi connectivity index (χ0n) is 17.8. The highest BCUT2D eigenvalue weighted by atomic mass is 35.5. The van der Waals surface area contributed by atoms with E-state index in [1.807, 2.05) is 11.0 Å². The first-order valence-corrected chi connectivity index (χ1v) is 11.7. The lowest BCUT2D eigenvalue weighted by Gasteiger charge is -2.42. The number of nitrogens with one attached hydrogen (secondary N) is 1. The molecule has 2 fully saturated rings. The summed E-state index contributed by atoms with van der Waals surface area (Å²) in [6, 6.07) is 5.20. The van der Waals surface area contributed by atoms with Gasteiger partial charge in [0.25, 0.3) is 5.91 Å². The van der Waals surface area contributed by atoms with Crippen LogP contribution in [-0.4, -0.2) is 68.0 Å². The normalized spacial score (nSPS) is 19.7. The molecule has 0 saturated carbocycles. The number of halogens is 2. The highest BCUT2D eigenvalue weighted by Gasteiger charge is 2.54. The third-order valence-electron chi connectivity index (χ3n) is 5.88. The molecule has 2 saturated heterocycles. The summed E-state index contributed by atoms with van der Waals surface area (Å²) in [6.45, 7) is 5.30. The molecule has 0 spiro atoms.